The third-order valence-corrected chi connectivity index (χ3v) is 12.2. The van der Waals surface area contributed by atoms with Gasteiger partial charge in [0.2, 0.25) is 0 Å². The molecule has 1 heterocycles. The number of hydrogen-bond donors (Lipinski definition) is 3. The van der Waals surface area contributed by atoms with Crippen molar-refractivity contribution in [3.05, 3.63) is 60.7 Å². The molecular weight excluding hydrogens is 484 g/mol. The van der Waals surface area contributed by atoms with Gasteiger partial charge < -0.3 is 29.2 Å². The molecular formula is C30H46O6Si. The van der Waals surface area contributed by atoms with Gasteiger partial charge in [0.15, 0.2) is 6.29 Å². The second-order valence-corrected chi connectivity index (χ2v) is 15.5. The van der Waals surface area contributed by atoms with Gasteiger partial charge in [-0.15, -0.1) is 0 Å². The van der Waals surface area contributed by atoms with E-state index in [1.165, 1.54) is 10.4 Å². The van der Waals surface area contributed by atoms with Gasteiger partial charge in [0.25, 0.3) is 8.32 Å². The average Bonchev–Trinajstić information content (AvgIpc) is 2.90. The van der Waals surface area contributed by atoms with Crippen LogP contribution in [0, 0.1) is 0 Å². The van der Waals surface area contributed by atoms with Crippen molar-refractivity contribution in [2.75, 3.05) is 19.8 Å². The van der Waals surface area contributed by atoms with Crippen LogP contribution in [0.3, 0.4) is 0 Å². The first-order chi connectivity index (χ1) is 17.7. The van der Waals surface area contributed by atoms with E-state index in [1.807, 2.05) is 12.1 Å². The Morgan fingerprint density at radius 2 is 1.51 bits per heavy atom. The van der Waals surface area contributed by atoms with Gasteiger partial charge in [-0.3, -0.25) is 0 Å². The van der Waals surface area contributed by atoms with Crippen molar-refractivity contribution in [3.8, 4) is 0 Å². The lowest BCUT2D eigenvalue weighted by atomic mass is 10.0. The fraction of sp³-hybridized carbons (Fsp3) is 0.600. The van der Waals surface area contributed by atoms with Gasteiger partial charge in [0.05, 0.1) is 24.9 Å². The predicted molar refractivity (Wildman–Crippen MR) is 150 cm³/mol. The van der Waals surface area contributed by atoms with Crippen LogP contribution in [0.2, 0.25) is 5.04 Å². The Hall–Kier alpha value is -1.58. The summed E-state index contributed by atoms with van der Waals surface area (Å²) in [6.45, 7) is 8.13. The van der Waals surface area contributed by atoms with Gasteiger partial charge in [-0.05, 0) is 53.9 Å². The molecule has 4 atom stereocenters. The Balaban J connectivity index is 1.50. The third-order valence-electron chi connectivity index (χ3n) is 7.20. The number of aliphatic hydroxyl groups excluding tert-OH is 3. The van der Waals surface area contributed by atoms with Crippen molar-refractivity contribution in [1.82, 2.24) is 0 Å². The molecule has 0 bridgehead atoms. The molecule has 1 fully saturated rings. The number of unbranched alkanes of at least 4 members (excludes halogenated alkanes) is 1. The fourth-order valence-corrected chi connectivity index (χ4v) is 9.81. The minimum atomic E-state index is -2.56. The molecule has 206 valence electrons. The van der Waals surface area contributed by atoms with Gasteiger partial charge >= 0.3 is 0 Å². The van der Waals surface area contributed by atoms with Crippen LogP contribution in [0.25, 0.3) is 0 Å². The van der Waals surface area contributed by atoms with E-state index in [0.717, 1.165) is 32.1 Å². The number of aliphatic hydroxyl groups is 3. The standard InChI is InChI=1S/C30H46O6Si/c1-30(2,3)37(25-14-6-4-7-15-25,26-16-8-5-9-17-26)36-21-13-10-18-27(32)28(33)22-24(31)23-35-29-19-11-12-20-34-29/h4-9,14-17,24,27-29,31-33H,10-13,18-23H2,1-3H3/t24-,27+,28-,29?/m0/s1. The molecule has 0 radical (unpaired) electrons. The van der Waals surface area contributed by atoms with E-state index >= 15 is 0 Å². The SMILES string of the molecule is CC(C)(C)[Si](OCCCC[C@@H](O)[C@@H](O)C[C@H](O)COC1CCCCO1)(c1ccccc1)c1ccccc1. The normalized spacial score (nSPS) is 19.4. The molecule has 2 aromatic rings. The lowest BCUT2D eigenvalue weighted by molar-refractivity contribution is -0.178. The highest BCUT2D eigenvalue weighted by Gasteiger charge is 2.49. The van der Waals surface area contributed by atoms with Crippen molar-refractivity contribution in [2.24, 2.45) is 0 Å². The summed E-state index contributed by atoms with van der Waals surface area (Å²) in [5.74, 6) is 0. The second kappa shape index (κ2) is 14.5. The first-order valence-electron chi connectivity index (χ1n) is 13.8. The fourth-order valence-electron chi connectivity index (χ4n) is 5.20. The van der Waals surface area contributed by atoms with Gasteiger partial charge in [-0.1, -0.05) is 81.4 Å². The lowest BCUT2D eigenvalue weighted by Crippen LogP contribution is -2.66. The van der Waals surface area contributed by atoms with Crippen LogP contribution in [0.15, 0.2) is 60.7 Å². The molecule has 3 N–H and O–H groups in total. The molecule has 1 unspecified atom stereocenters. The Labute approximate surface area is 223 Å². The van der Waals surface area contributed by atoms with Crippen LogP contribution in [-0.2, 0) is 13.9 Å². The first kappa shape index (κ1) is 30.0. The summed E-state index contributed by atoms with van der Waals surface area (Å²) in [5, 5.41) is 33.5. The van der Waals surface area contributed by atoms with Crippen LogP contribution in [0.4, 0.5) is 0 Å². The van der Waals surface area contributed by atoms with Crippen molar-refractivity contribution >= 4 is 18.7 Å². The molecule has 0 amide bonds. The number of rotatable bonds is 14. The highest BCUT2D eigenvalue weighted by molar-refractivity contribution is 6.99. The molecule has 2 aromatic carbocycles. The molecule has 0 saturated carbocycles. The van der Waals surface area contributed by atoms with E-state index < -0.39 is 26.6 Å². The van der Waals surface area contributed by atoms with Gasteiger partial charge in [0.1, 0.15) is 0 Å². The van der Waals surface area contributed by atoms with E-state index in [2.05, 4.69) is 69.3 Å². The van der Waals surface area contributed by atoms with Crippen molar-refractivity contribution in [3.63, 3.8) is 0 Å². The van der Waals surface area contributed by atoms with Crippen molar-refractivity contribution in [1.29, 1.82) is 0 Å². The summed E-state index contributed by atoms with van der Waals surface area (Å²) >= 11 is 0. The zero-order chi connectivity index (χ0) is 26.7. The molecule has 6 nitrogen and oxygen atoms in total. The molecule has 7 heteroatoms. The molecule has 0 aliphatic carbocycles. The summed E-state index contributed by atoms with van der Waals surface area (Å²) in [7, 11) is -2.56. The third kappa shape index (κ3) is 8.45. The molecule has 0 spiro atoms. The molecule has 1 aliphatic rings. The Morgan fingerprint density at radius 1 is 0.892 bits per heavy atom. The van der Waals surface area contributed by atoms with Crippen molar-refractivity contribution < 1.29 is 29.2 Å². The highest BCUT2D eigenvalue weighted by atomic mass is 28.4. The summed E-state index contributed by atoms with van der Waals surface area (Å²) in [5.41, 5.74) is 0. The largest absolute Gasteiger partial charge is 0.407 e. The highest BCUT2D eigenvalue weighted by Crippen LogP contribution is 2.36. The number of hydrogen-bond acceptors (Lipinski definition) is 6. The zero-order valence-electron chi connectivity index (χ0n) is 22.7. The minimum Gasteiger partial charge on any atom is -0.407 e. The molecule has 37 heavy (non-hydrogen) atoms. The molecule has 1 saturated heterocycles. The van der Waals surface area contributed by atoms with Gasteiger partial charge in [-0.2, -0.15) is 0 Å². The Morgan fingerprint density at radius 3 is 2.05 bits per heavy atom. The van der Waals surface area contributed by atoms with Gasteiger partial charge in [0, 0.05) is 19.6 Å². The topological polar surface area (TPSA) is 88.4 Å². The molecule has 1 aliphatic heterocycles. The quantitative estimate of drug-likeness (QED) is 0.255. The molecule has 0 aromatic heterocycles. The van der Waals surface area contributed by atoms with Crippen LogP contribution in [-0.4, -0.2) is 68.1 Å². The summed E-state index contributed by atoms with van der Waals surface area (Å²) in [6.07, 6.45) is 1.94. The van der Waals surface area contributed by atoms with E-state index in [4.69, 9.17) is 13.9 Å². The van der Waals surface area contributed by atoms with E-state index in [9.17, 15) is 15.3 Å². The van der Waals surface area contributed by atoms with Crippen LogP contribution in [0.1, 0.15) is 65.7 Å². The maximum Gasteiger partial charge on any atom is 0.261 e. The lowest BCUT2D eigenvalue weighted by Gasteiger charge is -2.43. The van der Waals surface area contributed by atoms with Crippen LogP contribution < -0.4 is 10.4 Å². The van der Waals surface area contributed by atoms with E-state index in [-0.39, 0.29) is 24.4 Å². The summed E-state index contributed by atoms with van der Waals surface area (Å²) in [4.78, 5) is 0. The van der Waals surface area contributed by atoms with E-state index in [1.54, 1.807) is 0 Å². The average molecular weight is 531 g/mol. The van der Waals surface area contributed by atoms with Gasteiger partial charge in [-0.25, -0.2) is 0 Å². The second-order valence-electron chi connectivity index (χ2n) is 11.2. The maximum absolute atomic E-state index is 10.5. The first-order valence-corrected chi connectivity index (χ1v) is 15.7. The van der Waals surface area contributed by atoms with Crippen LogP contribution in [0.5, 0.6) is 0 Å². The van der Waals surface area contributed by atoms with Crippen molar-refractivity contribution in [2.45, 2.75) is 95.4 Å². The number of ether oxygens (including phenoxy) is 2. The maximum atomic E-state index is 10.5. The minimum absolute atomic E-state index is 0.0758. The summed E-state index contributed by atoms with van der Waals surface area (Å²) in [6, 6.07) is 21.1. The Kier molecular flexibility index (Phi) is 11.8. The van der Waals surface area contributed by atoms with Crippen LogP contribution >= 0.6 is 0 Å². The molecule has 3 rings (SSSR count). The zero-order valence-corrected chi connectivity index (χ0v) is 23.7. The number of benzene rings is 2. The monoisotopic (exact) mass is 530 g/mol. The summed E-state index contributed by atoms with van der Waals surface area (Å²) < 4.78 is 18.0. The predicted octanol–water partition coefficient (Wildman–Crippen LogP) is 3.75. The Bertz CT molecular complexity index is 842. The smallest absolute Gasteiger partial charge is 0.261 e. The van der Waals surface area contributed by atoms with E-state index in [0.29, 0.717) is 19.6 Å².